The molecule has 41 heavy (non-hydrogen) atoms. The van der Waals surface area contributed by atoms with E-state index in [2.05, 4.69) is 0 Å². The van der Waals surface area contributed by atoms with Gasteiger partial charge in [-0.05, 0) is 71.8 Å². The number of esters is 2. The number of aromatic carboxylic acids is 1. The molecule has 210 valence electrons. The molecule has 0 amide bonds. The van der Waals surface area contributed by atoms with Crippen LogP contribution in [0.5, 0.6) is 23.0 Å². The molecule has 4 aromatic rings. The van der Waals surface area contributed by atoms with Gasteiger partial charge in [-0.25, -0.2) is 14.4 Å². The number of carboxylic acid groups (broad SMARTS) is 1. The maximum Gasteiger partial charge on any atom is 0.339 e. The largest absolute Gasteiger partial charge is 0.508 e. The van der Waals surface area contributed by atoms with Crippen molar-refractivity contribution in [2.45, 2.75) is 19.5 Å². The van der Waals surface area contributed by atoms with Crippen molar-refractivity contribution < 1.29 is 54.1 Å². The third-order valence-corrected chi connectivity index (χ3v) is 5.81. The van der Waals surface area contributed by atoms with Gasteiger partial charge in [0.2, 0.25) is 0 Å². The molecule has 11 nitrogen and oxygen atoms in total. The first kappa shape index (κ1) is 28.6. The Morgan fingerprint density at radius 2 is 1.07 bits per heavy atom. The molecule has 0 saturated carbocycles. The molecule has 4 rings (SSSR count). The van der Waals surface area contributed by atoms with Crippen LogP contribution in [0.15, 0.2) is 84.9 Å². The zero-order valence-corrected chi connectivity index (χ0v) is 21.3. The number of carbonyl (C=O) groups is 3. The van der Waals surface area contributed by atoms with Gasteiger partial charge in [0.1, 0.15) is 36.2 Å². The molecule has 0 bridgehead atoms. The summed E-state index contributed by atoms with van der Waals surface area (Å²) in [5.41, 5.74) is 0.207. The molecule has 0 unspecified atom stereocenters. The highest BCUT2D eigenvalue weighted by molar-refractivity contribution is 6.02. The van der Waals surface area contributed by atoms with Crippen LogP contribution in [0.3, 0.4) is 0 Å². The Bertz CT molecular complexity index is 1560. The average molecular weight is 561 g/mol. The van der Waals surface area contributed by atoms with Gasteiger partial charge >= 0.3 is 17.9 Å². The van der Waals surface area contributed by atoms with Gasteiger partial charge in [-0.2, -0.15) is 0 Å². The number of ether oxygens (including phenoxy) is 3. The van der Waals surface area contributed by atoms with E-state index in [0.717, 1.165) is 12.1 Å². The van der Waals surface area contributed by atoms with Crippen LogP contribution in [0.2, 0.25) is 0 Å². The van der Waals surface area contributed by atoms with Gasteiger partial charge < -0.3 is 39.7 Å². The number of hydrogen-bond acceptors (Lipinski definition) is 10. The van der Waals surface area contributed by atoms with Crippen LogP contribution in [0, 0.1) is 0 Å². The summed E-state index contributed by atoms with van der Waals surface area (Å²) in [5, 5.41) is 48.0. The minimum Gasteiger partial charge on any atom is -0.508 e. The van der Waals surface area contributed by atoms with E-state index in [-0.39, 0.29) is 58.5 Å². The Labute approximate surface area is 233 Å². The highest BCUT2D eigenvalue weighted by atomic mass is 16.5. The van der Waals surface area contributed by atoms with Crippen LogP contribution < -0.4 is 4.74 Å². The van der Waals surface area contributed by atoms with Crippen molar-refractivity contribution in [1.82, 2.24) is 0 Å². The fourth-order valence-electron chi connectivity index (χ4n) is 3.72. The molecule has 0 radical (unpaired) electrons. The second kappa shape index (κ2) is 12.6. The summed E-state index contributed by atoms with van der Waals surface area (Å²) in [7, 11) is 0. The maximum atomic E-state index is 12.7. The summed E-state index contributed by atoms with van der Waals surface area (Å²) in [4.78, 5) is 37.1. The van der Waals surface area contributed by atoms with E-state index in [9.17, 15) is 39.9 Å². The lowest BCUT2D eigenvalue weighted by atomic mass is 10.1. The highest BCUT2D eigenvalue weighted by Crippen LogP contribution is 2.29. The van der Waals surface area contributed by atoms with Crippen molar-refractivity contribution in [3.05, 3.63) is 118 Å². The van der Waals surface area contributed by atoms with Crippen molar-refractivity contribution >= 4 is 17.9 Å². The predicted octanol–water partition coefficient (Wildman–Crippen LogP) is 4.29. The monoisotopic (exact) mass is 560 g/mol. The SMILES string of the molecule is O=C(O)c1ccc(Oc2ccc(C(=O)OCc3ccc(O)cc3)c(C(O)O)c2)cc1C(=O)OCc1ccc(O)cc1. The van der Waals surface area contributed by atoms with Gasteiger partial charge in [0.05, 0.1) is 16.7 Å². The molecular weight excluding hydrogens is 536 g/mol. The number of rotatable bonds is 10. The van der Waals surface area contributed by atoms with Gasteiger partial charge in [-0.1, -0.05) is 24.3 Å². The minimum absolute atomic E-state index is 0.0348. The summed E-state index contributed by atoms with van der Waals surface area (Å²) < 4.78 is 16.2. The molecule has 0 aromatic heterocycles. The minimum atomic E-state index is -2.06. The third kappa shape index (κ3) is 7.38. The van der Waals surface area contributed by atoms with E-state index in [0.29, 0.717) is 11.1 Å². The lowest BCUT2D eigenvalue weighted by Crippen LogP contribution is -2.12. The van der Waals surface area contributed by atoms with Gasteiger partial charge in [0.25, 0.3) is 0 Å². The van der Waals surface area contributed by atoms with Crippen molar-refractivity contribution in [3.8, 4) is 23.0 Å². The Hall–Kier alpha value is -5.39. The Balaban J connectivity index is 1.51. The summed E-state index contributed by atoms with van der Waals surface area (Å²) >= 11 is 0. The van der Waals surface area contributed by atoms with E-state index in [1.165, 1.54) is 48.5 Å². The summed E-state index contributed by atoms with van der Waals surface area (Å²) in [6, 6.07) is 19.3. The fourth-order valence-corrected chi connectivity index (χ4v) is 3.72. The predicted molar refractivity (Wildman–Crippen MR) is 142 cm³/mol. The summed E-state index contributed by atoms with van der Waals surface area (Å²) in [6.07, 6.45) is -2.06. The van der Waals surface area contributed by atoms with Crippen molar-refractivity contribution in [1.29, 1.82) is 0 Å². The van der Waals surface area contributed by atoms with Crippen LogP contribution >= 0.6 is 0 Å². The zero-order chi connectivity index (χ0) is 29.5. The van der Waals surface area contributed by atoms with Crippen LogP contribution in [0.4, 0.5) is 0 Å². The number of phenolic OH excluding ortho intramolecular Hbond substituents is 2. The maximum absolute atomic E-state index is 12.7. The molecule has 0 heterocycles. The molecule has 0 aliphatic heterocycles. The topological polar surface area (TPSA) is 180 Å². The fraction of sp³-hybridized carbons (Fsp3) is 0.100. The van der Waals surface area contributed by atoms with E-state index in [1.807, 2.05) is 0 Å². The first-order chi connectivity index (χ1) is 19.6. The number of aromatic hydroxyl groups is 2. The molecule has 5 N–H and O–H groups in total. The van der Waals surface area contributed by atoms with Crippen LogP contribution in [0.25, 0.3) is 0 Å². The van der Waals surface area contributed by atoms with E-state index >= 15 is 0 Å². The van der Waals surface area contributed by atoms with Gasteiger partial charge in [0.15, 0.2) is 6.29 Å². The smallest absolute Gasteiger partial charge is 0.339 e. The summed E-state index contributed by atoms with van der Waals surface area (Å²) in [6.45, 7) is -0.300. The Kier molecular flexibility index (Phi) is 8.82. The van der Waals surface area contributed by atoms with Crippen molar-refractivity contribution in [2.24, 2.45) is 0 Å². The highest BCUT2D eigenvalue weighted by Gasteiger charge is 2.21. The molecule has 0 aliphatic carbocycles. The number of aliphatic hydroxyl groups is 2. The molecular formula is C30H24O11. The number of phenols is 2. The third-order valence-electron chi connectivity index (χ3n) is 5.81. The van der Waals surface area contributed by atoms with Gasteiger partial charge in [-0.3, -0.25) is 0 Å². The lowest BCUT2D eigenvalue weighted by molar-refractivity contribution is -0.0436. The van der Waals surface area contributed by atoms with Crippen LogP contribution in [0.1, 0.15) is 54.1 Å². The van der Waals surface area contributed by atoms with Crippen LogP contribution in [-0.2, 0) is 22.7 Å². The normalized spacial score (nSPS) is 10.7. The molecule has 0 saturated heterocycles. The molecule has 0 atom stereocenters. The van der Waals surface area contributed by atoms with E-state index < -0.39 is 24.2 Å². The van der Waals surface area contributed by atoms with Crippen LogP contribution in [-0.4, -0.2) is 43.4 Å². The van der Waals surface area contributed by atoms with E-state index in [1.54, 1.807) is 24.3 Å². The second-order valence-electron chi connectivity index (χ2n) is 8.72. The quantitative estimate of drug-likeness (QED) is 0.138. The number of benzene rings is 4. The second-order valence-corrected chi connectivity index (χ2v) is 8.72. The van der Waals surface area contributed by atoms with Gasteiger partial charge in [0, 0.05) is 5.56 Å². The Morgan fingerprint density at radius 1 is 0.610 bits per heavy atom. The number of aliphatic hydroxyl groups excluding tert-OH is 1. The lowest BCUT2D eigenvalue weighted by Gasteiger charge is -2.14. The molecule has 0 fully saturated rings. The number of carbonyl (C=O) groups excluding carboxylic acids is 2. The zero-order valence-electron chi connectivity index (χ0n) is 21.3. The average Bonchev–Trinajstić information content (AvgIpc) is 2.96. The molecule has 11 heteroatoms. The number of hydrogen-bond donors (Lipinski definition) is 5. The number of carboxylic acids is 1. The first-order valence-electron chi connectivity index (χ1n) is 12.1. The Morgan fingerprint density at radius 3 is 1.56 bits per heavy atom. The molecule has 0 spiro atoms. The first-order valence-corrected chi connectivity index (χ1v) is 12.1. The van der Waals surface area contributed by atoms with Crippen molar-refractivity contribution in [2.75, 3.05) is 0 Å². The van der Waals surface area contributed by atoms with Crippen molar-refractivity contribution in [3.63, 3.8) is 0 Å². The van der Waals surface area contributed by atoms with E-state index in [4.69, 9.17) is 14.2 Å². The standard InChI is InChI=1S/C30H24O11/c31-19-5-1-17(2-6-19)15-39-29(37)24-12-10-21(13-25(24)28(35)36)41-22-9-11-23(27(33)34)26(14-22)30(38)40-16-18-3-7-20(32)8-4-18/h1-14,28,31-32,35-36H,15-16H2,(H,33,34). The molecule has 0 aliphatic rings. The van der Waals surface area contributed by atoms with Gasteiger partial charge in [-0.15, -0.1) is 0 Å². The summed E-state index contributed by atoms with van der Waals surface area (Å²) in [5.74, 6) is -2.96. The molecule has 4 aromatic carbocycles.